The zero-order valence-corrected chi connectivity index (χ0v) is 21.4. The number of hydrogen-bond donors (Lipinski definition) is 0. The summed E-state index contributed by atoms with van der Waals surface area (Å²) in [5.41, 5.74) is 0. The van der Waals surface area contributed by atoms with E-state index in [-0.39, 0.29) is 36.4 Å². The number of rotatable bonds is 19. The van der Waals surface area contributed by atoms with Gasteiger partial charge in [-0.2, -0.15) is 0 Å². The third kappa shape index (κ3) is 10.4. The van der Waals surface area contributed by atoms with Crippen molar-refractivity contribution in [2.45, 2.75) is 96.2 Å². The summed E-state index contributed by atoms with van der Waals surface area (Å²) in [7, 11) is 0. The molecule has 0 spiro atoms. The fourth-order valence-corrected chi connectivity index (χ4v) is 4.94. The van der Waals surface area contributed by atoms with Crippen molar-refractivity contribution in [1.29, 1.82) is 0 Å². The number of aldehydes is 1. The van der Waals surface area contributed by atoms with Gasteiger partial charge in [-0.3, -0.25) is 9.59 Å². The highest BCUT2D eigenvalue weighted by molar-refractivity contribution is 5.79. The standard InChI is InChI=1S/C29H44O6/c1-2-3-4-8-11-22-14-15-23(28(27(22)18-30)29(32)35-21-26-20-34-26)12-9-6-5-7-10-13-24(31)16-17-25-19-33-25/h8,11,14-15,18,22-23,25-28H,2-7,9-10,12-13,16-17,19-21H2,1H3/b11-8+/t22?,23?,25?,26?,27-,28-/m1/s1. The number of epoxide rings is 2. The fourth-order valence-electron chi connectivity index (χ4n) is 4.94. The molecule has 2 fully saturated rings. The molecule has 2 saturated heterocycles. The van der Waals surface area contributed by atoms with Gasteiger partial charge in [0.2, 0.25) is 0 Å². The van der Waals surface area contributed by atoms with Gasteiger partial charge in [0, 0.05) is 24.7 Å². The monoisotopic (exact) mass is 488 g/mol. The summed E-state index contributed by atoms with van der Waals surface area (Å²) in [5.74, 6) is -0.783. The predicted octanol–water partition coefficient (Wildman–Crippen LogP) is 5.39. The van der Waals surface area contributed by atoms with Crippen LogP contribution in [0, 0.1) is 23.7 Å². The van der Waals surface area contributed by atoms with Gasteiger partial charge >= 0.3 is 5.97 Å². The van der Waals surface area contributed by atoms with Crippen molar-refractivity contribution in [3.05, 3.63) is 24.3 Å². The molecule has 0 aromatic carbocycles. The highest BCUT2D eigenvalue weighted by atomic mass is 16.6. The summed E-state index contributed by atoms with van der Waals surface area (Å²) in [6, 6.07) is 0. The predicted molar refractivity (Wildman–Crippen MR) is 135 cm³/mol. The summed E-state index contributed by atoms with van der Waals surface area (Å²) in [5, 5.41) is 0. The van der Waals surface area contributed by atoms with E-state index in [9.17, 15) is 14.4 Å². The smallest absolute Gasteiger partial charge is 0.310 e. The molecular weight excluding hydrogens is 444 g/mol. The Morgan fingerprint density at radius 1 is 0.943 bits per heavy atom. The maximum Gasteiger partial charge on any atom is 0.310 e. The molecule has 6 heteroatoms. The van der Waals surface area contributed by atoms with Crippen LogP contribution in [0.15, 0.2) is 24.3 Å². The van der Waals surface area contributed by atoms with Gasteiger partial charge in [-0.1, -0.05) is 69.8 Å². The Balaban J connectivity index is 1.43. The van der Waals surface area contributed by atoms with Crippen LogP contribution in [-0.2, 0) is 28.6 Å². The molecule has 2 heterocycles. The molecule has 6 nitrogen and oxygen atoms in total. The summed E-state index contributed by atoms with van der Waals surface area (Å²) >= 11 is 0. The van der Waals surface area contributed by atoms with Gasteiger partial charge in [-0.05, 0) is 31.6 Å². The van der Waals surface area contributed by atoms with Crippen LogP contribution in [0.5, 0.6) is 0 Å². The molecule has 2 aliphatic heterocycles. The van der Waals surface area contributed by atoms with E-state index in [1.54, 1.807) is 0 Å². The second-order valence-corrected chi connectivity index (χ2v) is 10.4. The Morgan fingerprint density at radius 3 is 2.40 bits per heavy atom. The molecule has 0 amide bonds. The van der Waals surface area contributed by atoms with Crippen molar-refractivity contribution in [2.75, 3.05) is 19.8 Å². The van der Waals surface area contributed by atoms with E-state index in [0.29, 0.717) is 31.3 Å². The molecule has 4 unspecified atom stereocenters. The van der Waals surface area contributed by atoms with Crippen molar-refractivity contribution in [2.24, 2.45) is 23.7 Å². The van der Waals surface area contributed by atoms with E-state index >= 15 is 0 Å². The maximum atomic E-state index is 13.0. The molecule has 35 heavy (non-hydrogen) atoms. The third-order valence-corrected chi connectivity index (χ3v) is 7.37. The van der Waals surface area contributed by atoms with Crippen molar-refractivity contribution >= 4 is 18.0 Å². The average molecular weight is 489 g/mol. The van der Waals surface area contributed by atoms with E-state index in [1.165, 1.54) is 0 Å². The largest absolute Gasteiger partial charge is 0.463 e. The minimum absolute atomic E-state index is 0.0179. The van der Waals surface area contributed by atoms with Crippen LogP contribution in [-0.4, -0.2) is 50.1 Å². The lowest BCUT2D eigenvalue weighted by atomic mass is 9.69. The first-order valence-corrected chi connectivity index (χ1v) is 13.8. The second kappa shape index (κ2) is 15.4. The zero-order chi connectivity index (χ0) is 24.9. The minimum atomic E-state index is -0.440. The van der Waals surface area contributed by atoms with Crippen LogP contribution in [0.4, 0.5) is 0 Å². The topological polar surface area (TPSA) is 85.5 Å². The Labute approximate surface area is 210 Å². The third-order valence-electron chi connectivity index (χ3n) is 7.37. The van der Waals surface area contributed by atoms with Crippen molar-refractivity contribution < 1.29 is 28.6 Å². The number of unbranched alkanes of at least 4 members (excludes halogenated alkanes) is 6. The van der Waals surface area contributed by atoms with Crippen LogP contribution in [0.25, 0.3) is 0 Å². The van der Waals surface area contributed by atoms with Crippen molar-refractivity contribution in [1.82, 2.24) is 0 Å². The molecule has 6 atom stereocenters. The summed E-state index contributed by atoms with van der Waals surface area (Å²) in [6.45, 7) is 3.90. The summed E-state index contributed by atoms with van der Waals surface area (Å²) in [6.07, 6.45) is 21.3. The lowest BCUT2D eigenvalue weighted by Crippen LogP contribution is -2.39. The number of hydrogen-bond acceptors (Lipinski definition) is 6. The van der Waals surface area contributed by atoms with Crippen LogP contribution in [0.2, 0.25) is 0 Å². The lowest BCUT2D eigenvalue weighted by Gasteiger charge is -2.34. The number of carbonyl (C=O) groups is 3. The molecule has 3 rings (SSSR count). The molecule has 0 radical (unpaired) electrons. The Morgan fingerprint density at radius 2 is 1.69 bits per heavy atom. The van der Waals surface area contributed by atoms with E-state index in [1.807, 2.05) is 0 Å². The normalized spacial score (nSPS) is 29.3. The van der Waals surface area contributed by atoms with Gasteiger partial charge in [0.05, 0.1) is 25.2 Å². The van der Waals surface area contributed by atoms with E-state index in [2.05, 4.69) is 31.2 Å². The molecule has 0 saturated carbocycles. The van der Waals surface area contributed by atoms with E-state index in [4.69, 9.17) is 14.2 Å². The van der Waals surface area contributed by atoms with Gasteiger partial charge in [0.15, 0.2) is 0 Å². The van der Waals surface area contributed by atoms with Crippen LogP contribution < -0.4 is 0 Å². The molecule has 1 aliphatic carbocycles. The average Bonchev–Trinajstić information content (AvgIpc) is 3.78. The Kier molecular flexibility index (Phi) is 12.2. The molecule has 0 bridgehead atoms. The van der Waals surface area contributed by atoms with Crippen molar-refractivity contribution in [3.8, 4) is 0 Å². The maximum absolute atomic E-state index is 13.0. The highest BCUT2D eigenvalue weighted by Gasteiger charge is 2.41. The molecule has 196 valence electrons. The van der Waals surface area contributed by atoms with Crippen LogP contribution >= 0.6 is 0 Å². The lowest BCUT2D eigenvalue weighted by molar-refractivity contribution is -0.154. The summed E-state index contributed by atoms with van der Waals surface area (Å²) < 4.78 is 15.9. The number of ketones is 1. The highest BCUT2D eigenvalue weighted by Crippen LogP contribution is 2.38. The number of ether oxygens (including phenoxy) is 3. The molecular formula is C29H44O6. The first kappa shape index (κ1) is 27.8. The van der Waals surface area contributed by atoms with Gasteiger partial charge in [-0.15, -0.1) is 0 Å². The molecule has 0 aromatic rings. The van der Waals surface area contributed by atoms with E-state index in [0.717, 1.165) is 77.1 Å². The van der Waals surface area contributed by atoms with Crippen LogP contribution in [0.3, 0.4) is 0 Å². The first-order valence-electron chi connectivity index (χ1n) is 13.8. The Bertz CT molecular complexity index is 721. The van der Waals surface area contributed by atoms with Gasteiger partial charge in [-0.25, -0.2) is 0 Å². The summed E-state index contributed by atoms with van der Waals surface area (Å²) in [4.78, 5) is 37.1. The van der Waals surface area contributed by atoms with Gasteiger partial charge < -0.3 is 19.0 Å². The minimum Gasteiger partial charge on any atom is -0.463 e. The van der Waals surface area contributed by atoms with Crippen molar-refractivity contribution in [3.63, 3.8) is 0 Å². The van der Waals surface area contributed by atoms with E-state index < -0.39 is 5.92 Å². The molecule has 3 aliphatic rings. The second-order valence-electron chi connectivity index (χ2n) is 10.4. The number of Topliss-reactive ketones (excluding diaryl/α,β-unsaturated/α-hetero) is 1. The SMILES string of the molecule is CCCC/C=C/C1C=CC(CCCCCCCC(=O)CCC2CO2)[C@@H](C(=O)OCC2CO2)[C@@H]1C=O. The van der Waals surface area contributed by atoms with Gasteiger partial charge in [0.1, 0.15) is 24.8 Å². The Hall–Kier alpha value is -1.79. The molecule has 0 N–H and O–H groups in total. The quantitative estimate of drug-likeness (QED) is 0.0797. The fraction of sp³-hybridized carbons (Fsp3) is 0.759. The van der Waals surface area contributed by atoms with Crippen LogP contribution in [0.1, 0.15) is 84.0 Å². The number of carbonyl (C=O) groups excluding carboxylic acids is 3. The number of esters is 1. The first-order chi connectivity index (χ1) is 17.1. The number of allylic oxidation sites excluding steroid dienone is 4. The van der Waals surface area contributed by atoms with Gasteiger partial charge in [0.25, 0.3) is 0 Å². The zero-order valence-electron chi connectivity index (χ0n) is 21.4. The molecule has 0 aromatic heterocycles.